The third-order valence-corrected chi connectivity index (χ3v) is 5.88. The van der Waals surface area contributed by atoms with Crippen molar-refractivity contribution in [2.45, 2.75) is 23.8 Å². The average Bonchev–Trinajstić information content (AvgIpc) is 3.26. The van der Waals surface area contributed by atoms with Crippen molar-refractivity contribution in [1.82, 2.24) is 9.21 Å². The minimum absolute atomic E-state index is 0.0935. The van der Waals surface area contributed by atoms with Crippen LogP contribution in [0.5, 0.6) is 0 Å². The van der Waals surface area contributed by atoms with Crippen molar-refractivity contribution in [3.05, 3.63) is 24.0 Å². The Morgan fingerprint density at radius 1 is 1.15 bits per heavy atom. The first-order valence-electron chi connectivity index (χ1n) is 6.78. The molecule has 1 aromatic carbocycles. The van der Waals surface area contributed by atoms with Crippen LogP contribution < -0.4 is 5.73 Å². The maximum absolute atomic E-state index is 13.3. The lowest BCUT2D eigenvalue weighted by atomic mass is 10.3. The van der Waals surface area contributed by atoms with E-state index in [1.807, 2.05) is 0 Å². The quantitative estimate of drug-likeness (QED) is 0.841. The van der Waals surface area contributed by atoms with Crippen LogP contribution in [0, 0.1) is 5.82 Å². The molecule has 1 saturated heterocycles. The number of rotatable bonds is 3. The summed E-state index contributed by atoms with van der Waals surface area (Å²) >= 11 is 0. The van der Waals surface area contributed by atoms with Crippen molar-refractivity contribution in [3.63, 3.8) is 0 Å². The molecule has 7 heteroatoms. The van der Waals surface area contributed by atoms with Gasteiger partial charge in [-0.2, -0.15) is 4.31 Å². The van der Waals surface area contributed by atoms with Gasteiger partial charge in [0.2, 0.25) is 10.0 Å². The number of anilines is 1. The summed E-state index contributed by atoms with van der Waals surface area (Å²) in [7, 11) is -3.70. The zero-order valence-corrected chi connectivity index (χ0v) is 11.9. The lowest BCUT2D eigenvalue weighted by molar-refractivity contribution is 0.180. The van der Waals surface area contributed by atoms with Gasteiger partial charge in [-0.15, -0.1) is 0 Å². The van der Waals surface area contributed by atoms with Crippen LogP contribution in [0.25, 0.3) is 0 Å². The van der Waals surface area contributed by atoms with Crippen molar-refractivity contribution in [2.24, 2.45) is 0 Å². The van der Waals surface area contributed by atoms with Gasteiger partial charge >= 0.3 is 0 Å². The molecule has 5 nitrogen and oxygen atoms in total. The Labute approximate surface area is 118 Å². The molecule has 110 valence electrons. The van der Waals surface area contributed by atoms with Gasteiger partial charge in [0.25, 0.3) is 0 Å². The predicted molar refractivity (Wildman–Crippen MR) is 74.2 cm³/mol. The Bertz CT molecular complexity index is 608. The van der Waals surface area contributed by atoms with Crippen molar-refractivity contribution in [2.75, 3.05) is 31.9 Å². The molecule has 1 aliphatic carbocycles. The Balaban J connectivity index is 1.79. The van der Waals surface area contributed by atoms with Gasteiger partial charge in [0.15, 0.2) is 0 Å². The number of nitrogen functional groups attached to an aromatic ring is 1. The molecule has 1 aromatic rings. The highest BCUT2D eigenvalue weighted by molar-refractivity contribution is 7.89. The number of piperazine rings is 1. The summed E-state index contributed by atoms with van der Waals surface area (Å²) in [5.41, 5.74) is 5.78. The molecule has 1 heterocycles. The van der Waals surface area contributed by atoms with Gasteiger partial charge in [-0.05, 0) is 31.0 Å². The molecular weight excluding hydrogens is 281 g/mol. The molecule has 1 aliphatic heterocycles. The Kier molecular flexibility index (Phi) is 3.43. The van der Waals surface area contributed by atoms with E-state index in [2.05, 4.69) is 4.90 Å². The maximum Gasteiger partial charge on any atom is 0.245 e. The number of hydrogen-bond donors (Lipinski definition) is 1. The van der Waals surface area contributed by atoms with Gasteiger partial charge in [0.1, 0.15) is 10.7 Å². The highest BCUT2D eigenvalue weighted by Gasteiger charge is 2.35. The summed E-state index contributed by atoms with van der Waals surface area (Å²) in [6.07, 6.45) is 2.42. The molecular formula is C13H18FN3O2S. The number of nitrogens with zero attached hydrogens (tertiary/aromatic N) is 2. The van der Waals surface area contributed by atoms with E-state index in [9.17, 15) is 12.8 Å². The van der Waals surface area contributed by atoms with E-state index in [1.165, 1.54) is 29.3 Å². The van der Waals surface area contributed by atoms with Gasteiger partial charge in [-0.25, -0.2) is 12.8 Å². The third-order valence-electron chi connectivity index (χ3n) is 3.93. The van der Waals surface area contributed by atoms with Crippen LogP contribution in [0.3, 0.4) is 0 Å². The molecule has 1 saturated carbocycles. The van der Waals surface area contributed by atoms with Gasteiger partial charge in [-0.3, -0.25) is 4.90 Å². The topological polar surface area (TPSA) is 66.6 Å². The van der Waals surface area contributed by atoms with Crippen LogP contribution in [0.4, 0.5) is 10.1 Å². The third kappa shape index (κ3) is 2.53. The Morgan fingerprint density at radius 2 is 1.80 bits per heavy atom. The highest BCUT2D eigenvalue weighted by atomic mass is 32.2. The molecule has 0 atom stereocenters. The monoisotopic (exact) mass is 299 g/mol. The van der Waals surface area contributed by atoms with Crippen LogP contribution in [0.2, 0.25) is 0 Å². The fourth-order valence-electron chi connectivity index (χ4n) is 2.62. The molecule has 0 bridgehead atoms. The van der Waals surface area contributed by atoms with E-state index in [-0.39, 0.29) is 10.6 Å². The second-order valence-corrected chi connectivity index (χ2v) is 7.26. The van der Waals surface area contributed by atoms with Crippen LogP contribution in [0.15, 0.2) is 23.1 Å². The first kappa shape index (κ1) is 13.8. The lowest BCUT2D eigenvalue weighted by Gasteiger charge is -2.34. The molecule has 2 N–H and O–H groups in total. The minimum atomic E-state index is -3.70. The fraction of sp³-hybridized carbons (Fsp3) is 0.538. The number of hydrogen-bond acceptors (Lipinski definition) is 4. The number of halogens is 1. The van der Waals surface area contributed by atoms with Gasteiger partial charge in [-0.1, -0.05) is 0 Å². The van der Waals surface area contributed by atoms with Crippen molar-refractivity contribution in [3.8, 4) is 0 Å². The summed E-state index contributed by atoms with van der Waals surface area (Å²) in [5, 5.41) is 0. The van der Waals surface area contributed by atoms with E-state index in [0.29, 0.717) is 19.1 Å². The zero-order chi connectivity index (χ0) is 14.3. The second kappa shape index (κ2) is 4.98. The second-order valence-electron chi connectivity index (χ2n) is 5.35. The molecule has 2 fully saturated rings. The highest BCUT2D eigenvalue weighted by Crippen LogP contribution is 2.29. The molecule has 0 aromatic heterocycles. The standard InChI is InChI=1S/C13H18FN3O2S/c14-10-1-4-12(15)13(9-10)20(18,19)17-7-5-16(6-8-17)11-2-3-11/h1,4,9,11H,2-3,5-8,15H2. The average molecular weight is 299 g/mol. The Hall–Kier alpha value is -1.18. The summed E-state index contributed by atoms with van der Waals surface area (Å²) < 4.78 is 39.7. The first-order chi connectivity index (χ1) is 9.48. The van der Waals surface area contributed by atoms with E-state index < -0.39 is 15.8 Å². The molecule has 0 unspecified atom stereocenters. The zero-order valence-electron chi connectivity index (χ0n) is 11.1. The fourth-order valence-corrected chi connectivity index (χ4v) is 4.17. The van der Waals surface area contributed by atoms with Gasteiger partial charge in [0, 0.05) is 32.2 Å². The smallest absolute Gasteiger partial charge is 0.245 e. The summed E-state index contributed by atoms with van der Waals surface area (Å²) in [4.78, 5) is 2.19. The molecule has 2 aliphatic rings. The van der Waals surface area contributed by atoms with Gasteiger partial charge < -0.3 is 5.73 Å². The van der Waals surface area contributed by atoms with Crippen molar-refractivity contribution < 1.29 is 12.8 Å². The van der Waals surface area contributed by atoms with Gasteiger partial charge in [0.05, 0.1) is 5.69 Å². The lowest BCUT2D eigenvalue weighted by Crippen LogP contribution is -2.49. The van der Waals surface area contributed by atoms with E-state index in [4.69, 9.17) is 5.73 Å². The van der Waals surface area contributed by atoms with E-state index >= 15 is 0 Å². The summed E-state index contributed by atoms with van der Waals surface area (Å²) in [6.45, 7) is 2.35. The number of nitrogens with two attached hydrogens (primary N) is 1. The van der Waals surface area contributed by atoms with Crippen molar-refractivity contribution >= 4 is 15.7 Å². The SMILES string of the molecule is Nc1ccc(F)cc1S(=O)(=O)N1CCN(C2CC2)CC1. The molecule has 0 amide bonds. The maximum atomic E-state index is 13.3. The molecule has 20 heavy (non-hydrogen) atoms. The van der Waals surface area contributed by atoms with E-state index in [0.717, 1.165) is 19.2 Å². The molecule has 0 spiro atoms. The predicted octanol–water partition coefficient (Wildman–Crippen LogP) is 0.877. The van der Waals surface area contributed by atoms with E-state index in [1.54, 1.807) is 0 Å². The van der Waals surface area contributed by atoms with Crippen LogP contribution in [-0.4, -0.2) is 49.8 Å². The normalized spacial score (nSPS) is 22.1. The first-order valence-corrected chi connectivity index (χ1v) is 8.22. The van der Waals surface area contributed by atoms with Crippen LogP contribution in [-0.2, 0) is 10.0 Å². The Morgan fingerprint density at radius 3 is 2.40 bits per heavy atom. The van der Waals surface area contributed by atoms with Crippen LogP contribution >= 0.6 is 0 Å². The number of benzene rings is 1. The summed E-state index contributed by atoms with van der Waals surface area (Å²) in [6, 6.07) is 4.10. The minimum Gasteiger partial charge on any atom is -0.398 e. The van der Waals surface area contributed by atoms with Crippen LogP contribution in [0.1, 0.15) is 12.8 Å². The van der Waals surface area contributed by atoms with Crippen molar-refractivity contribution in [1.29, 1.82) is 0 Å². The molecule has 0 radical (unpaired) electrons. The largest absolute Gasteiger partial charge is 0.398 e. The summed E-state index contributed by atoms with van der Waals surface area (Å²) in [5.74, 6) is -0.589. The number of sulfonamides is 1. The molecule has 3 rings (SSSR count).